The molecule has 0 saturated heterocycles. The second kappa shape index (κ2) is 13.2. The third kappa shape index (κ3) is 12.2. The number of aliphatic hydroxyl groups excluding tert-OH is 1. The maximum absolute atomic E-state index is 8.15. The quantitative estimate of drug-likeness (QED) is 0.505. The standard InChI is InChI=1S/C6H5.C5H10O.BrH.Mg/c1-2-4-6-5-3-1;1-2-3-4-5-6;;/h1-5H;2,6H,1,3-5H2;1H;/q;;;+2. The molecule has 1 rings (SSSR count). The minimum Gasteiger partial charge on any atom is -0.396 e. The van der Waals surface area contributed by atoms with Crippen molar-refractivity contribution in [2.75, 3.05) is 6.61 Å². The van der Waals surface area contributed by atoms with Gasteiger partial charge in [0.2, 0.25) is 0 Å². The maximum atomic E-state index is 8.15. The molecule has 0 aliphatic heterocycles. The molecule has 73 valence electrons. The number of hydrogen-bond donors (Lipinski definition) is 1. The van der Waals surface area contributed by atoms with E-state index in [0.29, 0.717) is 0 Å². The molecule has 0 heterocycles. The first-order valence-corrected chi connectivity index (χ1v) is 5.10. The summed E-state index contributed by atoms with van der Waals surface area (Å²) in [5.74, 6) is 0. The summed E-state index contributed by atoms with van der Waals surface area (Å²) in [5, 5.41) is 8.15. The molecule has 0 atom stereocenters. The Balaban J connectivity index is 0. The average molecular weight is 268 g/mol. The van der Waals surface area contributed by atoms with Gasteiger partial charge in [0.1, 0.15) is 0 Å². The maximum Gasteiger partial charge on any atom is 1.47 e. The molecule has 0 aliphatic rings. The van der Waals surface area contributed by atoms with Crippen molar-refractivity contribution in [3.8, 4) is 0 Å². The molecule has 0 aromatic heterocycles. The van der Waals surface area contributed by atoms with Crippen LogP contribution in [0.25, 0.3) is 0 Å². The highest BCUT2D eigenvalue weighted by molar-refractivity contribution is 8.93. The van der Waals surface area contributed by atoms with Gasteiger partial charge in [-0.3, -0.25) is 0 Å². The smallest absolute Gasteiger partial charge is 0.396 e. The number of rotatable bonds is 3. The van der Waals surface area contributed by atoms with Gasteiger partial charge in [-0.2, -0.15) is 0 Å². The first-order valence-electron chi connectivity index (χ1n) is 4.40. The first-order chi connectivity index (χ1) is 6.31. The summed E-state index contributed by atoms with van der Waals surface area (Å²) in [6, 6.07) is 10.3. The fourth-order valence-electron chi connectivity index (χ4n) is 0.714. The van der Waals surface area contributed by atoms with Gasteiger partial charge in [0.05, 0.1) is 0 Å². The highest BCUT2D eigenvalue weighted by atomic mass is 79.9. The van der Waals surface area contributed by atoms with Crippen LogP contribution in [-0.4, -0.2) is 33.4 Å². The predicted molar refractivity (Wildman–Crippen MR) is 68.7 cm³/mol. The molecule has 0 amide bonds. The topological polar surface area (TPSA) is 20.2 Å². The number of hydrogen-bond acceptors (Lipinski definition) is 1. The lowest BCUT2D eigenvalue weighted by Crippen LogP contribution is -1.97. The Morgan fingerprint density at radius 1 is 1.29 bits per heavy atom. The van der Waals surface area contributed by atoms with Gasteiger partial charge < -0.3 is 5.11 Å². The molecule has 0 unspecified atom stereocenters. The molecule has 0 saturated carbocycles. The van der Waals surface area contributed by atoms with Crippen LogP contribution in [0.2, 0.25) is 0 Å². The van der Waals surface area contributed by atoms with Crippen LogP contribution in [-0.2, 0) is 0 Å². The Morgan fingerprint density at radius 2 is 1.86 bits per heavy atom. The molecule has 1 N–H and O–H groups in total. The van der Waals surface area contributed by atoms with E-state index in [0.717, 1.165) is 12.8 Å². The van der Waals surface area contributed by atoms with Crippen LogP contribution in [0.3, 0.4) is 0 Å². The lowest BCUT2D eigenvalue weighted by atomic mass is 10.3. The zero-order valence-corrected chi connectivity index (χ0v) is 11.5. The molecule has 0 spiro atoms. The van der Waals surface area contributed by atoms with Gasteiger partial charge in [0.15, 0.2) is 0 Å². The number of halogens is 1. The Morgan fingerprint density at radius 3 is 2.07 bits per heavy atom. The Hall–Kier alpha value is 0.166. The number of allylic oxidation sites excluding steroid dienone is 1. The van der Waals surface area contributed by atoms with Crippen LogP contribution >= 0.6 is 17.0 Å². The number of aliphatic hydroxyl groups is 1. The highest BCUT2D eigenvalue weighted by Gasteiger charge is 2.28. The van der Waals surface area contributed by atoms with Crippen LogP contribution in [0.15, 0.2) is 43.0 Å². The summed E-state index contributed by atoms with van der Waals surface area (Å²) in [7, 11) is 0. The van der Waals surface area contributed by atoms with Crippen molar-refractivity contribution in [2.24, 2.45) is 0 Å². The molecular weight excluding hydrogens is 252 g/mol. The largest absolute Gasteiger partial charge is 1.47 e. The van der Waals surface area contributed by atoms with Crippen LogP contribution in [0.1, 0.15) is 12.8 Å². The second-order valence-electron chi connectivity index (χ2n) is 2.64. The monoisotopic (exact) mass is 267 g/mol. The van der Waals surface area contributed by atoms with Crippen molar-refractivity contribution in [3.05, 3.63) is 43.0 Å². The molecule has 1 nitrogen and oxygen atoms in total. The van der Waals surface area contributed by atoms with Gasteiger partial charge in [0.25, 0.3) is 0 Å². The summed E-state index contributed by atoms with van der Waals surface area (Å²) in [4.78, 5) is 0. The van der Waals surface area contributed by atoms with E-state index in [-0.39, 0.29) is 23.6 Å². The van der Waals surface area contributed by atoms with Crippen molar-refractivity contribution < 1.29 is 5.11 Å². The van der Waals surface area contributed by atoms with E-state index < -0.39 is 0 Å². The van der Waals surface area contributed by atoms with E-state index in [1.165, 1.54) is 3.69 Å². The average Bonchev–Trinajstić information content (AvgIpc) is 2.17. The Bertz CT molecular complexity index is 214. The summed E-state index contributed by atoms with van der Waals surface area (Å²) >= 11 is 1.90. The normalized spacial score (nSPS) is 7.86. The molecule has 1 aromatic carbocycles. The molecule has 7 radical (unpaired) electrons. The highest BCUT2D eigenvalue weighted by Crippen LogP contribution is 1.83. The van der Waals surface area contributed by atoms with Crippen molar-refractivity contribution in [1.82, 2.24) is 0 Å². The van der Waals surface area contributed by atoms with E-state index in [4.69, 9.17) is 5.11 Å². The van der Waals surface area contributed by atoms with Crippen molar-refractivity contribution in [3.63, 3.8) is 0 Å². The lowest BCUT2D eigenvalue weighted by molar-refractivity contribution is 0.289. The van der Waals surface area contributed by atoms with Crippen LogP contribution in [0.5, 0.6) is 0 Å². The SMILES string of the molecule is Br.C=CCCCO.[Mg+2][c]1ccccc1. The summed E-state index contributed by atoms with van der Waals surface area (Å²) in [6.07, 6.45) is 3.58. The van der Waals surface area contributed by atoms with Crippen LogP contribution < -0.4 is 3.69 Å². The van der Waals surface area contributed by atoms with E-state index >= 15 is 0 Å². The molecule has 3 heteroatoms. The first kappa shape index (κ1) is 16.6. The van der Waals surface area contributed by atoms with Crippen molar-refractivity contribution in [1.29, 1.82) is 0 Å². The van der Waals surface area contributed by atoms with Gasteiger partial charge >= 0.3 is 25.4 Å². The van der Waals surface area contributed by atoms with Gasteiger partial charge in [0, 0.05) is 18.7 Å². The van der Waals surface area contributed by atoms with E-state index in [1.807, 2.05) is 39.9 Å². The van der Waals surface area contributed by atoms with Gasteiger partial charge in [-0.05, 0) is 12.8 Å². The minimum atomic E-state index is 0. The number of benzene rings is 1. The van der Waals surface area contributed by atoms with E-state index in [9.17, 15) is 0 Å². The Kier molecular flexibility index (Phi) is 15.6. The third-order valence-corrected chi connectivity index (χ3v) is 1.88. The van der Waals surface area contributed by atoms with Crippen molar-refractivity contribution in [2.45, 2.75) is 12.8 Å². The summed E-state index contributed by atoms with van der Waals surface area (Å²) in [6.45, 7) is 3.77. The lowest BCUT2D eigenvalue weighted by Gasteiger charge is -1.81. The number of unbranched alkanes of at least 4 members (excludes halogenated alkanes) is 1. The van der Waals surface area contributed by atoms with Gasteiger partial charge in [-0.1, -0.05) is 24.3 Å². The fraction of sp³-hybridized carbons (Fsp3) is 0.273. The molecule has 0 fully saturated rings. The second-order valence-corrected chi connectivity index (χ2v) is 3.46. The summed E-state index contributed by atoms with van der Waals surface area (Å²) in [5.41, 5.74) is 0. The Labute approximate surface area is 109 Å². The zero-order valence-electron chi connectivity index (χ0n) is 8.36. The van der Waals surface area contributed by atoms with Crippen molar-refractivity contribution >= 4 is 42.4 Å². The van der Waals surface area contributed by atoms with Gasteiger partial charge in [-0.25, -0.2) is 0 Å². The van der Waals surface area contributed by atoms with E-state index in [2.05, 4.69) is 18.7 Å². The molecular formula is C11H16BrMgO+2. The summed E-state index contributed by atoms with van der Waals surface area (Å²) < 4.78 is 1.35. The molecule has 0 aliphatic carbocycles. The molecule has 14 heavy (non-hydrogen) atoms. The third-order valence-electron chi connectivity index (χ3n) is 1.41. The van der Waals surface area contributed by atoms with Crippen LogP contribution in [0, 0.1) is 0 Å². The van der Waals surface area contributed by atoms with E-state index in [1.54, 1.807) is 6.08 Å². The van der Waals surface area contributed by atoms with Gasteiger partial charge in [-0.15, -0.1) is 23.6 Å². The molecule has 0 bridgehead atoms. The zero-order chi connectivity index (χ0) is 9.94. The predicted octanol–water partition coefficient (Wildman–Crippen LogP) is 2.00. The fourth-order valence-corrected chi connectivity index (χ4v) is 0.986. The molecule has 1 aromatic rings. The van der Waals surface area contributed by atoms with Crippen LogP contribution in [0.4, 0.5) is 0 Å². The minimum absolute atomic E-state index is 0.